The molecule has 0 fully saturated rings. The van der Waals surface area contributed by atoms with Crippen molar-refractivity contribution in [3.63, 3.8) is 0 Å². The molecule has 4 heteroatoms. The van der Waals surface area contributed by atoms with Crippen LogP contribution < -0.4 is 0 Å². The Balaban J connectivity index is 2.04. The maximum Gasteiger partial charge on any atom is 0.141 e. The first-order valence-electron chi connectivity index (χ1n) is 5.72. The third-order valence-electron chi connectivity index (χ3n) is 2.84. The summed E-state index contributed by atoms with van der Waals surface area (Å²) >= 11 is 0. The zero-order valence-electron chi connectivity index (χ0n) is 9.99. The maximum absolute atomic E-state index is 4.40. The van der Waals surface area contributed by atoms with E-state index in [0.29, 0.717) is 0 Å². The molecule has 0 saturated carbocycles. The summed E-state index contributed by atoms with van der Waals surface area (Å²) in [6, 6.07) is 14.6. The van der Waals surface area contributed by atoms with Gasteiger partial charge < -0.3 is 0 Å². The molecule has 2 aromatic carbocycles. The van der Waals surface area contributed by atoms with Crippen molar-refractivity contribution in [3.8, 4) is 0 Å². The molecule has 0 unspecified atom stereocenters. The monoisotopic (exact) mass is 236 g/mol. The van der Waals surface area contributed by atoms with Crippen molar-refractivity contribution in [1.82, 2.24) is 14.9 Å². The fourth-order valence-corrected chi connectivity index (χ4v) is 1.89. The number of rotatable bonds is 2. The van der Waals surface area contributed by atoms with Crippen LogP contribution >= 0.6 is 0 Å². The van der Waals surface area contributed by atoms with Crippen molar-refractivity contribution in [2.75, 3.05) is 0 Å². The van der Waals surface area contributed by atoms with Crippen LogP contribution in [0.2, 0.25) is 0 Å². The molecule has 1 heterocycles. The maximum atomic E-state index is 4.40. The second-order valence-electron chi connectivity index (χ2n) is 4.09. The van der Waals surface area contributed by atoms with Crippen LogP contribution in [0.3, 0.4) is 0 Å². The van der Waals surface area contributed by atoms with E-state index >= 15 is 0 Å². The van der Waals surface area contributed by atoms with Crippen LogP contribution in [0.15, 0.2) is 60.2 Å². The first-order valence-corrected chi connectivity index (χ1v) is 5.72. The first-order chi connectivity index (χ1) is 8.83. The van der Waals surface area contributed by atoms with E-state index < -0.39 is 0 Å². The average molecular weight is 236 g/mol. The topological polar surface area (TPSA) is 43.1 Å². The van der Waals surface area contributed by atoms with Gasteiger partial charge in [-0.1, -0.05) is 36.4 Å². The van der Waals surface area contributed by atoms with Crippen molar-refractivity contribution < 1.29 is 0 Å². The predicted molar refractivity (Wildman–Crippen MR) is 71.6 cm³/mol. The van der Waals surface area contributed by atoms with E-state index in [-0.39, 0.29) is 0 Å². The summed E-state index contributed by atoms with van der Waals surface area (Å²) in [6.07, 6.45) is 3.15. The highest BCUT2D eigenvalue weighted by Gasteiger charge is 2.00. The summed E-state index contributed by atoms with van der Waals surface area (Å²) in [5.41, 5.74) is 2.03. The van der Waals surface area contributed by atoms with Gasteiger partial charge in [-0.15, -0.1) is 10.2 Å². The van der Waals surface area contributed by atoms with Crippen LogP contribution in [0.5, 0.6) is 0 Å². The van der Waals surface area contributed by atoms with E-state index in [2.05, 4.69) is 45.6 Å². The number of fused-ring (bicyclic) bond motifs is 1. The number of benzene rings is 2. The lowest BCUT2D eigenvalue weighted by atomic mass is 10.0. The van der Waals surface area contributed by atoms with Crippen LogP contribution in [0, 0.1) is 0 Å². The van der Waals surface area contributed by atoms with Crippen molar-refractivity contribution in [2.45, 2.75) is 6.92 Å². The Morgan fingerprint density at radius 2 is 1.72 bits per heavy atom. The molecule has 3 rings (SSSR count). The number of nitrogens with zero attached hydrogens (tertiary/aromatic N) is 4. The van der Waals surface area contributed by atoms with Gasteiger partial charge in [0.2, 0.25) is 0 Å². The van der Waals surface area contributed by atoms with Gasteiger partial charge in [-0.05, 0) is 29.3 Å². The molecule has 0 aliphatic rings. The molecular weight excluding hydrogens is 224 g/mol. The van der Waals surface area contributed by atoms with Crippen molar-refractivity contribution in [2.24, 2.45) is 5.10 Å². The summed E-state index contributed by atoms with van der Waals surface area (Å²) in [5.74, 6) is 0. The van der Waals surface area contributed by atoms with Gasteiger partial charge in [0.15, 0.2) is 0 Å². The highest BCUT2D eigenvalue weighted by Crippen LogP contribution is 2.16. The highest BCUT2D eigenvalue weighted by atomic mass is 15.4. The summed E-state index contributed by atoms with van der Waals surface area (Å²) in [4.78, 5) is 0. The van der Waals surface area contributed by atoms with Crippen molar-refractivity contribution in [3.05, 3.63) is 60.7 Å². The molecule has 1 aromatic heterocycles. The minimum absolute atomic E-state index is 0.931. The van der Waals surface area contributed by atoms with Gasteiger partial charge in [0, 0.05) is 0 Å². The molecule has 0 saturated heterocycles. The third-order valence-corrected chi connectivity index (χ3v) is 2.84. The Bertz CT molecular complexity index is 699. The Morgan fingerprint density at radius 3 is 2.50 bits per heavy atom. The highest BCUT2D eigenvalue weighted by molar-refractivity contribution is 6.01. The van der Waals surface area contributed by atoms with E-state index in [1.807, 2.05) is 19.1 Å². The molecule has 4 nitrogen and oxygen atoms in total. The molecule has 0 bridgehead atoms. The van der Waals surface area contributed by atoms with Crippen molar-refractivity contribution >= 4 is 16.5 Å². The predicted octanol–water partition coefficient (Wildman–Crippen LogP) is 2.70. The third kappa shape index (κ3) is 2.00. The minimum Gasteiger partial charge on any atom is -0.207 e. The lowest BCUT2D eigenvalue weighted by molar-refractivity contribution is 0.871. The van der Waals surface area contributed by atoms with Crippen LogP contribution in [-0.4, -0.2) is 20.6 Å². The lowest BCUT2D eigenvalue weighted by Crippen LogP contribution is -1.98. The van der Waals surface area contributed by atoms with E-state index in [1.54, 1.807) is 17.3 Å². The summed E-state index contributed by atoms with van der Waals surface area (Å²) in [7, 11) is 0. The normalized spacial score (nSPS) is 11.9. The fourth-order valence-electron chi connectivity index (χ4n) is 1.89. The zero-order chi connectivity index (χ0) is 12.4. The van der Waals surface area contributed by atoms with Crippen LogP contribution in [0.4, 0.5) is 0 Å². The zero-order valence-corrected chi connectivity index (χ0v) is 9.99. The Kier molecular flexibility index (Phi) is 2.61. The molecule has 0 atom stereocenters. The summed E-state index contributed by atoms with van der Waals surface area (Å²) in [6.45, 7) is 1.98. The van der Waals surface area contributed by atoms with Gasteiger partial charge in [-0.3, -0.25) is 0 Å². The molecule has 0 aliphatic heterocycles. The van der Waals surface area contributed by atoms with E-state index in [4.69, 9.17) is 0 Å². The number of hydrogen-bond donors (Lipinski definition) is 0. The van der Waals surface area contributed by atoms with Crippen LogP contribution in [0.25, 0.3) is 10.8 Å². The van der Waals surface area contributed by atoms with Gasteiger partial charge >= 0.3 is 0 Å². The average Bonchev–Trinajstić information content (AvgIpc) is 2.91. The van der Waals surface area contributed by atoms with E-state index in [1.165, 1.54) is 10.8 Å². The molecule has 0 N–H and O–H groups in total. The quantitative estimate of drug-likeness (QED) is 0.642. The fraction of sp³-hybridized carbons (Fsp3) is 0.0714. The molecule has 0 aliphatic carbocycles. The standard InChI is InChI=1S/C14H12N4/c1-11(17-18-9-15-16-10-18)13-7-6-12-4-2-3-5-14(12)8-13/h2-10H,1H3/b17-11+. The Labute approximate surface area is 105 Å². The van der Waals surface area contributed by atoms with Gasteiger partial charge in [0.05, 0.1) is 5.71 Å². The largest absolute Gasteiger partial charge is 0.207 e. The molecular formula is C14H12N4. The van der Waals surface area contributed by atoms with E-state index in [0.717, 1.165) is 11.3 Å². The molecule has 0 amide bonds. The van der Waals surface area contributed by atoms with Gasteiger partial charge in [0.1, 0.15) is 12.7 Å². The smallest absolute Gasteiger partial charge is 0.141 e. The number of hydrogen-bond acceptors (Lipinski definition) is 3. The summed E-state index contributed by atoms with van der Waals surface area (Å²) < 4.78 is 1.60. The Hall–Kier alpha value is -2.49. The second kappa shape index (κ2) is 4.41. The molecule has 88 valence electrons. The minimum atomic E-state index is 0.931. The molecule has 3 aromatic rings. The van der Waals surface area contributed by atoms with Crippen LogP contribution in [0.1, 0.15) is 12.5 Å². The SMILES string of the molecule is C/C(=N\n1cnnc1)c1ccc2ccccc2c1. The van der Waals surface area contributed by atoms with Crippen LogP contribution in [-0.2, 0) is 0 Å². The summed E-state index contributed by atoms with van der Waals surface area (Å²) in [5, 5.41) is 14.3. The lowest BCUT2D eigenvalue weighted by Gasteiger charge is -2.03. The van der Waals surface area contributed by atoms with Gasteiger partial charge in [-0.2, -0.15) is 5.10 Å². The Morgan fingerprint density at radius 1 is 1.00 bits per heavy atom. The van der Waals surface area contributed by atoms with Gasteiger partial charge in [0.25, 0.3) is 0 Å². The van der Waals surface area contributed by atoms with Gasteiger partial charge in [-0.25, -0.2) is 4.68 Å². The van der Waals surface area contributed by atoms with Crippen molar-refractivity contribution in [1.29, 1.82) is 0 Å². The molecule has 0 spiro atoms. The molecule has 0 radical (unpaired) electrons. The number of aromatic nitrogens is 3. The first kappa shape index (κ1) is 10.7. The molecule has 18 heavy (non-hydrogen) atoms. The second-order valence-corrected chi connectivity index (χ2v) is 4.09. The van der Waals surface area contributed by atoms with E-state index in [9.17, 15) is 0 Å².